The van der Waals surface area contributed by atoms with E-state index in [1.54, 1.807) is 0 Å². The highest BCUT2D eigenvalue weighted by atomic mass is 15.2. The summed E-state index contributed by atoms with van der Waals surface area (Å²) in [5.41, 5.74) is 5.44. The SMILES string of the molecule is Cc1cc(C)c2c(c1)N(C)CC(C)(C)N2. The molecular formula is C13H20N2. The van der Waals surface area contributed by atoms with Gasteiger partial charge < -0.3 is 10.2 Å². The first kappa shape index (κ1) is 10.3. The first-order chi connectivity index (χ1) is 6.89. The molecular weight excluding hydrogens is 184 g/mol. The van der Waals surface area contributed by atoms with Crippen LogP contribution < -0.4 is 10.2 Å². The number of hydrogen-bond donors (Lipinski definition) is 1. The van der Waals surface area contributed by atoms with Gasteiger partial charge in [0.25, 0.3) is 0 Å². The van der Waals surface area contributed by atoms with Gasteiger partial charge in [0.1, 0.15) is 0 Å². The van der Waals surface area contributed by atoms with Crippen molar-refractivity contribution in [3.63, 3.8) is 0 Å². The third-order valence-electron chi connectivity index (χ3n) is 2.97. The van der Waals surface area contributed by atoms with Crippen LogP contribution in [0.2, 0.25) is 0 Å². The van der Waals surface area contributed by atoms with Crippen LogP contribution in [0.15, 0.2) is 12.1 Å². The smallest absolute Gasteiger partial charge is 0.0612 e. The Labute approximate surface area is 92.3 Å². The Kier molecular flexibility index (Phi) is 2.18. The monoisotopic (exact) mass is 204 g/mol. The maximum Gasteiger partial charge on any atom is 0.0612 e. The van der Waals surface area contributed by atoms with Crippen molar-refractivity contribution in [2.75, 3.05) is 23.8 Å². The van der Waals surface area contributed by atoms with Crippen LogP contribution in [-0.2, 0) is 0 Å². The van der Waals surface area contributed by atoms with Crippen molar-refractivity contribution >= 4 is 11.4 Å². The molecule has 0 atom stereocenters. The highest BCUT2D eigenvalue weighted by Gasteiger charge is 2.28. The number of likely N-dealkylation sites (N-methyl/N-ethyl adjacent to an activating group) is 1. The Morgan fingerprint density at radius 1 is 1.27 bits per heavy atom. The molecule has 0 aliphatic carbocycles. The number of anilines is 2. The lowest BCUT2D eigenvalue weighted by Crippen LogP contribution is -2.47. The molecule has 2 heteroatoms. The van der Waals surface area contributed by atoms with E-state index < -0.39 is 0 Å². The lowest BCUT2D eigenvalue weighted by atomic mass is 9.97. The van der Waals surface area contributed by atoms with Crippen LogP contribution in [0.4, 0.5) is 11.4 Å². The molecule has 0 amide bonds. The second-order valence-electron chi connectivity index (χ2n) is 5.34. The molecule has 1 N–H and O–H groups in total. The molecule has 1 aliphatic heterocycles. The minimum Gasteiger partial charge on any atom is -0.376 e. The normalized spacial score (nSPS) is 18.3. The standard InChI is InChI=1S/C13H20N2/c1-9-6-10(2)12-11(7-9)15(5)8-13(3,4)14-12/h6-7,14H,8H2,1-5H3. The van der Waals surface area contributed by atoms with Crippen LogP contribution in [0.5, 0.6) is 0 Å². The third kappa shape index (κ3) is 1.81. The van der Waals surface area contributed by atoms with Gasteiger partial charge in [-0.3, -0.25) is 0 Å². The summed E-state index contributed by atoms with van der Waals surface area (Å²) >= 11 is 0. The minimum absolute atomic E-state index is 0.155. The van der Waals surface area contributed by atoms with Gasteiger partial charge in [-0.1, -0.05) is 6.07 Å². The van der Waals surface area contributed by atoms with Crippen LogP contribution in [0.3, 0.4) is 0 Å². The van der Waals surface area contributed by atoms with Crippen molar-refractivity contribution in [2.24, 2.45) is 0 Å². The molecule has 0 spiro atoms. The summed E-state index contributed by atoms with van der Waals surface area (Å²) in [7, 11) is 2.17. The molecule has 2 rings (SSSR count). The Bertz CT molecular complexity index is 394. The van der Waals surface area contributed by atoms with Gasteiger partial charge in [0, 0.05) is 19.1 Å². The van der Waals surface area contributed by atoms with Crippen LogP contribution in [0.25, 0.3) is 0 Å². The minimum atomic E-state index is 0.155. The molecule has 1 aromatic carbocycles. The summed E-state index contributed by atoms with van der Waals surface area (Å²) in [6, 6.07) is 4.49. The van der Waals surface area contributed by atoms with Gasteiger partial charge in [-0.05, 0) is 44.9 Å². The highest BCUT2D eigenvalue weighted by Crippen LogP contribution is 2.36. The maximum absolute atomic E-state index is 3.62. The van der Waals surface area contributed by atoms with Crippen molar-refractivity contribution in [3.8, 4) is 0 Å². The van der Waals surface area contributed by atoms with E-state index in [1.807, 2.05) is 0 Å². The van der Waals surface area contributed by atoms with Crippen molar-refractivity contribution in [1.82, 2.24) is 0 Å². The number of benzene rings is 1. The summed E-state index contributed by atoms with van der Waals surface area (Å²) in [5.74, 6) is 0. The molecule has 0 saturated heterocycles. The van der Waals surface area contributed by atoms with E-state index in [0.29, 0.717) is 0 Å². The maximum atomic E-state index is 3.62. The van der Waals surface area contributed by atoms with Crippen molar-refractivity contribution in [2.45, 2.75) is 33.2 Å². The molecule has 0 bridgehead atoms. The van der Waals surface area contributed by atoms with Gasteiger partial charge in [0.15, 0.2) is 0 Å². The van der Waals surface area contributed by atoms with E-state index in [-0.39, 0.29) is 5.54 Å². The van der Waals surface area contributed by atoms with Crippen molar-refractivity contribution in [3.05, 3.63) is 23.3 Å². The average molecular weight is 204 g/mol. The highest BCUT2D eigenvalue weighted by molar-refractivity contribution is 5.77. The van der Waals surface area contributed by atoms with Crippen molar-refractivity contribution < 1.29 is 0 Å². The van der Waals surface area contributed by atoms with Gasteiger partial charge in [-0.25, -0.2) is 0 Å². The fraction of sp³-hybridized carbons (Fsp3) is 0.538. The molecule has 0 fully saturated rings. The molecule has 2 nitrogen and oxygen atoms in total. The third-order valence-corrected chi connectivity index (χ3v) is 2.97. The number of nitrogens with one attached hydrogen (secondary N) is 1. The van der Waals surface area contributed by atoms with Crippen LogP contribution >= 0.6 is 0 Å². The molecule has 15 heavy (non-hydrogen) atoms. The first-order valence-electron chi connectivity index (χ1n) is 5.50. The van der Waals surface area contributed by atoms with Crippen LogP contribution in [0.1, 0.15) is 25.0 Å². The van der Waals surface area contributed by atoms with Crippen LogP contribution in [0, 0.1) is 13.8 Å². The van der Waals surface area contributed by atoms with E-state index in [2.05, 4.69) is 57.1 Å². The predicted molar refractivity (Wildman–Crippen MR) is 66.9 cm³/mol. The summed E-state index contributed by atoms with van der Waals surface area (Å²) < 4.78 is 0. The van der Waals surface area contributed by atoms with Crippen molar-refractivity contribution in [1.29, 1.82) is 0 Å². The molecule has 0 aromatic heterocycles. The molecule has 1 aromatic rings. The molecule has 1 aliphatic rings. The predicted octanol–water partition coefficient (Wildman–Crippen LogP) is 2.94. The largest absolute Gasteiger partial charge is 0.376 e. The van der Waals surface area contributed by atoms with Gasteiger partial charge in [0.2, 0.25) is 0 Å². The number of nitrogens with zero attached hydrogens (tertiary/aromatic N) is 1. The van der Waals surface area contributed by atoms with Gasteiger partial charge in [-0.2, -0.15) is 0 Å². The van der Waals surface area contributed by atoms with E-state index in [0.717, 1.165) is 6.54 Å². The quantitative estimate of drug-likeness (QED) is 0.699. The zero-order valence-corrected chi connectivity index (χ0v) is 10.3. The lowest BCUT2D eigenvalue weighted by Gasteiger charge is -2.41. The van der Waals surface area contributed by atoms with Gasteiger partial charge in [0.05, 0.1) is 11.4 Å². The second-order valence-corrected chi connectivity index (χ2v) is 5.34. The fourth-order valence-electron chi connectivity index (χ4n) is 2.46. The Morgan fingerprint density at radius 3 is 2.60 bits per heavy atom. The number of fused-ring (bicyclic) bond motifs is 1. The molecule has 1 heterocycles. The van der Waals surface area contributed by atoms with E-state index >= 15 is 0 Å². The second kappa shape index (κ2) is 3.16. The van der Waals surface area contributed by atoms with Gasteiger partial charge in [-0.15, -0.1) is 0 Å². The fourth-order valence-corrected chi connectivity index (χ4v) is 2.46. The molecule has 0 saturated carbocycles. The topological polar surface area (TPSA) is 15.3 Å². The summed E-state index contributed by atoms with van der Waals surface area (Å²) in [6.45, 7) is 9.86. The number of rotatable bonds is 0. The van der Waals surface area contributed by atoms with E-state index in [1.165, 1.54) is 22.5 Å². The van der Waals surface area contributed by atoms with Gasteiger partial charge >= 0.3 is 0 Å². The number of hydrogen-bond acceptors (Lipinski definition) is 2. The Morgan fingerprint density at radius 2 is 1.93 bits per heavy atom. The van der Waals surface area contributed by atoms with E-state index in [9.17, 15) is 0 Å². The Balaban J connectivity index is 2.55. The molecule has 0 radical (unpaired) electrons. The summed E-state index contributed by atoms with van der Waals surface area (Å²) in [6.07, 6.45) is 0. The van der Waals surface area contributed by atoms with Crippen LogP contribution in [-0.4, -0.2) is 19.1 Å². The zero-order valence-electron chi connectivity index (χ0n) is 10.3. The summed E-state index contributed by atoms with van der Waals surface area (Å²) in [5, 5.41) is 3.62. The summed E-state index contributed by atoms with van der Waals surface area (Å²) in [4.78, 5) is 2.34. The molecule has 82 valence electrons. The Hall–Kier alpha value is -1.18. The van der Waals surface area contributed by atoms with E-state index in [4.69, 9.17) is 0 Å². The first-order valence-corrected chi connectivity index (χ1v) is 5.50. The average Bonchev–Trinajstić information content (AvgIpc) is 2.06. The zero-order chi connectivity index (χ0) is 11.2. The lowest BCUT2D eigenvalue weighted by molar-refractivity contribution is 0.549. The number of aryl methyl sites for hydroxylation is 2. The molecule has 0 unspecified atom stereocenters.